The minimum absolute atomic E-state index is 0.0406. The molecule has 2 aromatic heterocycles. The summed E-state index contributed by atoms with van der Waals surface area (Å²) in [5.41, 5.74) is 2.25. The van der Waals surface area contributed by atoms with Gasteiger partial charge in [-0.25, -0.2) is 9.07 Å². The van der Waals surface area contributed by atoms with E-state index in [1.165, 1.54) is 6.07 Å². The van der Waals surface area contributed by atoms with Crippen molar-refractivity contribution in [1.29, 1.82) is 0 Å². The molecule has 2 heterocycles. The monoisotopic (exact) mass is 302 g/mol. The van der Waals surface area contributed by atoms with E-state index in [-0.39, 0.29) is 11.8 Å². The van der Waals surface area contributed by atoms with Crippen LogP contribution >= 0.6 is 0 Å². The lowest BCUT2D eigenvalue weighted by Gasteiger charge is -2.18. The number of carbonyl (C=O) groups excluding carboxylic acids is 1. The molecule has 0 saturated heterocycles. The van der Waals surface area contributed by atoms with Crippen molar-refractivity contribution in [3.8, 4) is 5.69 Å². The Balaban J connectivity index is 2.01. The molecule has 2 aromatic rings. The van der Waals surface area contributed by atoms with Gasteiger partial charge in [-0.15, -0.1) is 0 Å². The Morgan fingerprint density at radius 3 is 2.73 bits per heavy atom. The molecule has 0 aliphatic heterocycles. The van der Waals surface area contributed by atoms with Gasteiger partial charge in [-0.3, -0.25) is 9.78 Å². The van der Waals surface area contributed by atoms with Crippen molar-refractivity contribution in [3.63, 3.8) is 0 Å². The van der Waals surface area contributed by atoms with E-state index in [1.54, 1.807) is 29.0 Å². The number of aromatic nitrogens is 3. The molecule has 1 aliphatic carbocycles. The predicted octanol–water partition coefficient (Wildman–Crippen LogP) is 2.90. The van der Waals surface area contributed by atoms with E-state index >= 15 is 0 Å². The van der Waals surface area contributed by atoms with Gasteiger partial charge in [0.2, 0.25) is 5.91 Å². The van der Waals surface area contributed by atoms with Crippen LogP contribution in [0.25, 0.3) is 5.69 Å². The molecular weight excluding hydrogens is 283 g/mol. The van der Waals surface area contributed by atoms with Crippen molar-refractivity contribution in [2.75, 3.05) is 11.9 Å². The number of amides is 1. The number of pyridine rings is 1. The van der Waals surface area contributed by atoms with Gasteiger partial charge >= 0.3 is 0 Å². The summed E-state index contributed by atoms with van der Waals surface area (Å²) in [6.07, 6.45) is 6.65. The molecule has 0 bridgehead atoms. The number of hydrogen-bond donors (Lipinski definition) is 0. The van der Waals surface area contributed by atoms with E-state index in [9.17, 15) is 9.18 Å². The SMILES string of the molecule is CC(C)C(=O)N(C)c1cn(-c2cncc(F)c2)nc1C1CC1. The maximum absolute atomic E-state index is 13.4. The highest BCUT2D eigenvalue weighted by Gasteiger charge is 2.32. The van der Waals surface area contributed by atoms with E-state index < -0.39 is 5.82 Å². The van der Waals surface area contributed by atoms with Gasteiger partial charge in [0.25, 0.3) is 0 Å². The van der Waals surface area contributed by atoms with Gasteiger partial charge in [0.05, 0.1) is 35.7 Å². The van der Waals surface area contributed by atoms with Crippen LogP contribution in [0.4, 0.5) is 10.1 Å². The third-order valence-electron chi connectivity index (χ3n) is 3.83. The van der Waals surface area contributed by atoms with Gasteiger partial charge in [0, 0.05) is 24.9 Å². The van der Waals surface area contributed by atoms with Gasteiger partial charge in [-0.05, 0) is 12.8 Å². The van der Waals surface area contributed by atoms with Crippen molar-refractivity contribution < 1.29 is 9.18 Å². The fourth-order valence-corrected chi connectivity index (χ4v) is 2.45. The molecular formula is C16H19FN4O. The van der Waals surface area contributed by atoms with Crippen LogP contribution in [-0.4, -0.2) is 27.7 Å². The Morgan fingerprint density at radius 2 is 2.14 bits per heavy atom. The second kappa shape index (κ2) is 5.51. The molecule has 1 saturated carbocycles. The predicted molar refractivity (Wildman–Crippen MR) is 81.5 cm³/mol. The molecule has 6 heteroatoms. The van der Waals surface area contributed by atoms with Crippen LogP contribution in [0.15, 0.2) is 24.7 Å². The molecule has 0 aromatic carbocycles. The average molecular weight is 302 g/mol. The zero-order valence-electron chi connectivity index (χ0n) is 13.0. The lowest BCUT2D eigenvalue weighted by atomic mass is 10.1. The van der Waals surface area contributed by atoms with Gasteiger partial charge in [-0.2, -0.15) is 5.10 Å². The minimum atomic E-state index is -0.408. The fourth-order valence-electron chi connectivity index (χ4n) is 2.45. The van der Waals surface area contributed by atoms with Crippen molar-refractivity contribution in [2.45, 2.75) is 32.6 Å². The highest BCUT2D eigenvalue weighted by molar-refractivity contribution is 5.94. The van der Waals surface area contributed by atoms with Crippen LogP contribution in [-0.2, 0) is 4.79 Å². The first kappa shape index (κ1) is 14.7. The summed E-state index contributed by atoms with van der Waals surface area (Å²) in [6.45, 7) is 3.74. The van der Waals surface area contributed by atoms with E-state index in [0.717, 1.165) is 30.4 Å². The summed E-state index contributed by atoms with van der Waals surface area (Å²) in [5, 5.41) is 4.56. The van der Waals surface area contributed by atoms with E-state index in [2.05, 4.69) is 10.1 Å². The van der Waals surface area contributed by atoms with E-state index in [1.807, 2.05) is 13.8 Å². The Kier molecular flexibility index (Phi) is 3.68. The summed E-state index contributed by atoms with van der Waals surface area (Å²) in [4.78, 5) is 17.8. The van der Waals surface area contributed by atoms with Crippen molar-refractivity contribution in [2.24, 2.45) is 5.92 Å². The number of hydrogen-bond acceptors (Lipinski definition) is 3. The van der Waals surface area contributed by atoms with Crippen LogP contribution in [0, 0.1) is 11.7 Å². The summed E-state index contributed by atoms with van der Waals surface area (Å²) < 4.78 is 15.0. The zero-order valence-corrected chi connectivity index (χ0v) is 13.0. The van der Waals surface area contributed by atoms with Gasteiger partial charge < -0.3 is 4.90 Å². The van der Waals surface area contributed by atoms with Crippen LogP contribution < -0.4 is 4.90 Å². The molecule has 0 atom stereocenters. The molecule has 3 rings (SSSR count). The maximum Gasteiger partial charge on any atom is 0.229 e. The molecule has 22 heavy (non-hydrogen) atoms. The third-order valence-corrected chi connectivity index (χ3v) is 3.83. The first-order valence-electron chi connectivity index (χ1n) is 7.45. The first-order valence-corrected chi connectivity index (χ1v) is 7.45. The smallest absolute Gasteiger partial charge is 0.229 e. The topological polar surface area (TPSA) is 51.0 Å². The highest BCUT2D eigenvalue weighted by Crippen LogP contribution is 2.43. The third kappa shape index (κ3) is 2.73. The fraction of sp³-hybridized carbons (Fsp3) is 0.438. The largest absolute Gasteiger partial charge is 0.312 e. The van der Waals surface area contributed by atoms with Gasteiger partial charge in [0.1, 0.15) is 5.82 Å². The van der Waals surface area contributed by atoms with Crippen molar-refractivity contribution >= 4 is 11.6 Å². The lowest BCUT2D eigenvalue weighted by Crippen LogP contribution is -2.30. The number of halogens is 1. The molecule has 116 valence electrons. The van der Waals surface area contributed by atoms with Gasteiger partial charge in [0.15, 0.2) is 0 Å². The highest BCUT2D eigenvalue weighted by atomic mass is 19.1. The molecule has 0 radical (unpaired) electrons. The number of carbonyl (C=O) groups is 1. The molecule has 1 amide bonds. The standard InChI is InChI=1S/C16H19FN4O/c1-10(2)16(22)20(3)14-9-21(19-15(14)11-4-5-11)13-6-12(17)7-18-8-13/h6-11H,4-5H2,1-3H3. The lowest BCUT2D eigenvalue weighted by molar-refractivity contribution is -0.121. The van der Waals surface area contributed by atoms with E-state index in [0.29, 0.717) is 11.6 Å². The molecule has 5 nitrogen and oxygen atoms in total. The van der Waals surface area contributed by atoms with Gasteiger partial charge in [-0.1, -0.05) is 13.8 Å². The summed E-state index contributed by atoms with van der Waals surface area (Å²) >= 11 is 0. The molecule has 0 spiro atoms. The van der Waals surface area contributed by atoms with Crippen LogP contribution in [0.3, 0.4) is 0 Å². The maximum atomic E-state index is 13.4. The Labute approximate surface area is 128 Å². The van der Waals surface area contributed by atoms with E-state index in [4.69, 9.17) is 0 Å². The molecule has 1 fully saturated rings. The van der Waals surface area contributed by atoms with Crippen molar-refractivity contribution in [3.05, 3.63) is 36.2 Å². The Morgan fingerprint density at radius 1 is 1.41 bits per heavy atom. The first-order chi connectivity index (χ1) is 10.5. The minimum Gasteiger partial charge on any atom is -0.312 e. The van der Waals surface area contributed by atoms with Crippen LogP contribution in [0.5, 0.6) is 0 Å². The quantitative estimate of drug-likeness (QED) is 0.872. The Hall–Kier alpha value is -2.24. The molecule has 0 N–H and O–H groups in total. The Bertz CT molecular complexity index is 706. The summed E-state index contributed by atoms with van der Waals surface area (Å²) in [6, 6.07) is 1.38. The molecule has 1 aliphatic rings. The second-order valence-electron chi connectivity index (χ2n) is 6.03. The number of anilines is 1. The summed E-state index contributed by atoms with van der Waals surface area (Å²) in [5.74, 6) is -0.0654. The average Bonchev–Trinajstić information content (AvgIpc) is 3.24. The molecule has 0 unspecified atom stereocenters. The van der Waals surface area contributed by atoms with Crippen molar-refractivity contribution in [1.82, 2.24) is 14.8 Å². The number of rotatable bonds is 4. The normalized spacial score (nSPS) is 14.4. The van der Waals surface area contributed by atoms with Crippen LogP contribution in [0.2, 0.25) is 0 Å². The second-order valence-corrected chi connectivity index (χ2v) is 6.03. The number of nitrogens with zero attached hydrogens (tertiary/aromatic N) is 4. The summed E-state index contributed by atoms with van der Waals surface area (Å²) in [7, 11) is 1.76. The van der Waals surface area contributed by atoms with Crippen LogP contribution in [0.1, 0.15) is 38.3 Å². The zero-order chi connectivity index (χ0) is 15.9.